The molecule has 1 saturated heterocycles. The van der Waals surface area contributed by atoms with Gasteiger partial charge >= 0.3 is 11.8 Å². The number of nitrogens with one attached hydrogen (secondary N) is 2. The van der Waals surface area contributed by atoms with E-state index in [0.29, 0.717) is 18.0 Å². The smallest absolute Gasteiger partial charge is 0.313 e. The fraction of sp³-hybridized carbons (Fsp3) is 0.462. The number of methoxy groups -OCH3 is 1. The highest BCUT2D eigenvalue weighted by molar-refractivity contribution is 6.39. The summed E-state index contributed by atoms with van der Waals surface area (Å²) in [5.74, 6) is -0.803. The van der Waals surface area contributed by atoms with Crippen molar-refractivity contribution in [1.82, 2.24) is 10.2 Å². The van der Waals surface area contributed by atoms with Crippen LogP contribution in [-0.2, 0) is 16.0 Å². The number of ether oxygens (including phenoxy) is 1. The monoisotopic (exact) mass is 450 g/mol. The Kier molecular flexibility index (Phi) is 7.18. The average Bonchev–Trinajstić information content (AvgIpc) is 3.34. The molecular weight excluding hydrogens is 416 g/mol. The van der Waals surface area contributed by atoms with Crippen LogP contribution in [0.5, 0.6) is 5.75 Å². The van der Waals surface area contributed by atoms with Crippen molar-refractivity contribution < 1.29 is 14.3 Å². The first-order chi connectivity index (χ1) is 16.0. The van der Waals surface area contributed by atoms with Gasteiger partial charge in [-0.15, -0.1) is 0 Å². The topological polar surface area (TPSA) is 73.9 Å². The molecule has 1 atom stereocenters. The number of nitrogens with zero attached hydrogens (tertiary/aromatic N) is 2. The third kappa shape index (κ3) is 5.30. The summed E-state index contributed by atoms with van der Waals surface area (Å²) in [6.45, 7) is 5.41. The molecule has 0 aromatic heterocycles. The molecule has 2 aromatic carbocycles. The molecule has 7 nitrogen and oxygen atoms in total. The van der Waals surface area contributed by atoms with Crippen LogP contribution in [-0.4, -0.2) is 57.1 Å². The Morgan fingerprint density at radius 2 is 1.82 bits per heavy atom. The largest absolute Gasteiger partial charge is 0.495 e. The Morgan fingerprint density at radius 1 is 1.03 bits per heavy atom. The lowest BCUT2D eigenvalue weighted by atomic mass is 9.96. The van der Waals surface area contributed by atoms with Gasteiger partial charge in [0.05, 0.1) is 18.8 Å². The number of fused-ring (bicyclic) bond motifs is 1. The normalized spacial score (nSPS) is 16.8. The maximum absolute atomic E-state index is 12.7. The van der Waals surface area contributed by atoms with Gasteiger partial charge in [0.2, 0.25) is 0 Å². The predicted molar refractivity (Wildman–Crippen MR) is 131 cm³/mol. The van der Waals surface area contributed by atoms with Gasteiger partial charge in [-0.3, -0.25) is 14.5 Å². The van der Waals surface area contributed by atoms with Crippen LogP contribution < -0.4 is 20.3 Å². The number of hydrogen-bond acceptors (Lipinski definition) is 5. The van der Waals surface area contributed by atoms with E-state index in [-0.39, 0.29) is 6.04 Å². The second-order valence-electron chi connectivity index (χ2n) is 9.04. The molecule has 0 spiro atoms. The molecule has 2 aromatic rings. The third-order valence-electron chi connectivity index (χ3n) is 6.69. The first kappa shape index (κ1) is 23.1. The molecule has 4 rings (SSSR count). The Morgan fingerprint density at radius 3 is 2.58 bits per heavy atom. The van der Waals surface area contributed by atoms with Crippen molar-refractivity contribution >= 4 is 23.2 Å². The number of benzene rings is 2. The Bertz CT molecular complexity index is 1020. The van der Waals surface area contributed by atoms with E-state index < -0.39 is 11.8 Å². The van der Waals surface area contributed by atoms with Crippen molar-refractivity contribution in [2.75, 3.05) is 50.6 Å². The van der Waals surface area contributed by atoms with Crippen molar-refractivity contribution in [3.8, 4) is 5.75 Å². The van der Waals surface area contributed by atoms with Gasteiger partial charge in [0.1, 0.15) is 5.75 Å². The van der Waals surface area contributed by atoms with Crippen LogP contribution in [0, 0.1) is 6.92 Å². The molecule has 0 aliphatic carbocycles. The van der Waals surface area contributed by atoms with E-state index >= 15 is 0 Å². The third-order valence-corrected chi connectivity index (χ3v) is 6.69. The van der Waals surface area contributed by atoms with Crippen LogP contribution >= 0.6 is 0 Å². The minimum atomic E-state index is -0.689. The molecule has 0 radical (unpaired) electrons. The Labute approximate surface area is 196 Å². The van der Waals surface area contributed by atoms with Gasteiger partial charge in [-0.1, -0.05) is 18.2 Å². The molecule has 176 valence electrons. The standard InChI is InChI=1S/C26H34N4O3/c1-18-8-11-24(33-3)21(15-18)28-26(32)25(31)27-17-23(30-13-4-5-14-30)20-9-10-22-19(16-20)7-6-12-29(22)2/h8-11,15-16,23H,4-7,12-14,17H2,1-3H3,(H,27,31)(H,28,32)/t23-/m0/s1. The quantitative estimate of drug-likeness (QED) is 0.661. The molecule has 2 heterocycles. The minimum absolute atomic E-state index is 0.0512. The summed E-state index contributed by atoms with van der Waals surface area (Å²) in [5.41, 5.74) is 5.32. The minimum Gasteiger partial charge on any atom is -0.495 e. The fourth-order valence-electron chi connectivity index (χ4n) is 4.89. The van der Waals surface area contributed by atoms with Crippen LogP contribution in [0.15, 0.2) is 36.4 Å². The molecule has 0 unspecified atom stereocenters. The molecular formula is C26H34N4O3. The van der Waals surface area contributed by atoms with Crippen LogP contribution in [0.1, 0.15) is 42.0 Å². The predicted octanol–water partition coefficient (Wildman–Crippen LogP) is 3.28. The highest BCUT2D eigenvalue weighted by Gasteiger charge is 2.26. The molecule has 2 N–H and O–H groups in total. The number of likely N-dealkylation sites (tertiary alicyclic amines) is 1. The van der Waals surface area contributed by atoms with Gasteiger partial charge in [0.25, 0.3) is 0 Å². The summed E-state index contributed by atoms with van der Waals surface area (Å²) >= 11 is 0. The number of hydrogen-bond donors (Lipinski definition) is 2. The van der Waals surface area contributed by atoms with Crippen molar-refractivity contribution in [2.24, 2.45) is 0 Å². The molecule has 2 aliphatic rings. The van der Waals surface area contributed by atoms with Crippen molar-refractivity contribution in [3.63, 3.8) is 0 Å². The van der Waals surface area contributed by atoms with Crippen LogP contribution in [0.3, 0.4) is 0 Å². The Hall–Kier alpha value is -3.06. The van der Waals surface area contributed by atoms with E-state index in [4.69, 9.17) is 4.74 Å². The van der Waals surface area contributed by atoms with E-state index in [1.807, 2.05) is 13.0 Å². The van der Waals surface area contributed by atoms with Gasteiger partial charge in [-0.05, 0) is 80.6 Å². The Balaban J connectivity index is 1.46. The van der Waals surface area contributed by atoms with E-state index in [1.54, 1.807) is 12.1 Å². The average molecular weight is 451 g/mol. The highest BCUT2D eigenvalue weighted by Crippen LogP contribution is 2.32. The van der Waals surface area contributed by atoms with Crippen LogP contribution in [0.4, 0.5) is 11.4 Å². The van der Waals surface area contributed by atoms with E-state index in [1.165, 1.54) is 23.9 Å². The van der Waals surface area contributed by atoms with Crippen LogP contribution in [0.25, 0.3) is 0 Å². The number of amides is 2. The maximum Gasteiger partial charge on any atom is 0.313 e. The zero-order chi connectivity index (χ0) is 23.4. The van der Waals surface area contributed by atoms with Crippen molar-refractivity contribution in [1.29, 1.82) is 0 Å². The van der Waals surface area contributed by atoms with Crippen molar-refractivity contribution in [3.05, 3.63) is 53.1 Å². The first-order valence-electron chi connectivity index (χ1n) is 11.8. The summed E-state index contributed by atoms with van der Waals surface area (Å²) < 4.78 is 5.30. The number of aryl methyl sites for hydroxylation is 2. The molecule has 7 heteroatoms. The van der Waals surface area contributed by atoms with Crippen molar-refractivity contribution in [2.45, 2.75) is 38.6 Å². The summed E-state index contributed by atoms with van der Waals surface area (Å²) in [4.78, 5) is 30.0. The van der Waals surface area contributed by atoms with E-state index in [0.717, 1.165) is 50.9 Å². The molecule has 2 aliphatic heterocycles. The second-order valence-corrected chi connectivity index (χ2v) is 9.04. The lowest BCUT2D eigenvalue weighted by molar-refractivity contribution is -0.136. The summed E-state index contributed by atoms with van der Waals surface area (Å²) in [5, 5.41) is 5.56. The summed E-state index contributed by atoms with van der Waals surface area (Å²) in [7, 11) is 3.68. The van der Waals surface area contributed by atoms with Gasteiger partial charge < -0.3 is 20.3 Å². The molecule has 0 bridgehead atoms. The van der Waals surface area contributed by atoms with E-state index in [9.17, 15) is 9.59 Å². The number of carbonyl (C=O) groups excluding carboxylic acids is 2. The number of anilines is 2. The number of rotatable bonds is 6. The fourth-order valence-corrected chi connectivity index (χ4v) is 4.89. The van der Waals surface area contributed by atoms with Gasteiger partial charge in [0, 0.05) is 25.8 Å². The first-order valence-corrected chi connectivity index (χ1v) is 11.8. The van der Waals surface area contributed by atoms with E-state index in [2.05, 4.69) is 45.7 Å². The molecule has 1 fully saturated rings. The SMILES string of the molecule is COc1ccc(C)cc1NC(=O)C(=O)NC[C@@H](c1ccc2c(c1)CCCN2C)N1CCCC1. The molecule has 33 heavy (non-hydrogen) atoms. The highest BCUT2D eigenvalue weighted by atomic mass is 16.5. The second kappa shape index (κ2) is 10.3. The zero-order valence-electron chi connectivity index (χ0n) is 19.8. The zero-order valence-corrected chi connectivity index (χ0v) is 19.8. The molecule has 0 saturated carbocycles. The maximum atomic E-state index is 12.7. The number of carbonyl (C=O) groups is 2. The van der Waals surface area contributed by atoms with Gasteiger partial charge in [0.15, 0.2) is 0 Å². The van der Waals surface area contributed by atoms with Crippen LogP contribution in [0.2, 0.25) is 0 Å². The summed E-state index contributed by atoms with van der Waals surface area (Å²) in [6.07, 6.45) is 4.55. The lowest BCUT2D eigenvalue weighted by Crippen LogP contribution is -2.41. The van der Waals surface area contributed by atoms with Gasteiger partial charge in [-0.25, -0.2) is 0 Å². The van der Waals surface area contributed by atoms with Gasteiger partial charge in [-0.2, -0.15) is 0 Å². The lowest BCUT2D eigenvalue weighted by Gasteiger charge is -2.31. The summed E-state index contributed by atoms with van der Waals surface area (Å²) in [6, 6.07) is 12.2. The molecule has 2 amide bonds.